The van der Waals surface area contributed by atoms with Crippen LogP contribution in [-0.2, 0) is 18.3 Å². The highest BCUT2D eigenvalue weighted by Gasteiger charge is 2.16. The first-order valence-electron chi connectivity index (χ1n) is 9.30. The number of ether oxygens (including phenoxy) is 1. The van der Waals surface area contributed by atoms with Crippen molar-refractivity contribution in [1.82, 2.24) is 9.78 Å². The number of nitrogens with two attached hydrogens (primary N) is 1. The maximum atomic E-state index is 12.5. The molecule has 0 atom stereocenters. The monoisotopic (exact) mass is 412 g/mol. The van der Waals surface area contributed by atoms with Gasteiger partial charge in [0.2, 0.25) is 5.91 Å². The van der Waals surface area contributed by atoms with Crippen LogP contribution < -0.4 is 15.8 Å². The van der Waals surface area contributed by atoms with Gasteiger partial charge >= 0.3 is 0 Å². The van der Waals surface area contributed by atoms with Crippen molar-refractivity contribution in [1.29, 1.82) is 0 Å². The van der Waals surface area contributed by atoms with E-state index in [1.54, 1.807) is 23.0 Å². The number of amides is 1. The third kappa shape index (κ3) is 5.82. The number of aromatic nitrogens is 2. The van der Waals surface area contributed by atoms with Gasteiger partial charge in [-0.1, -0.05) is 23.7 Å². The van der Waals surface area contributed by atoms with E-state index < -0.39 is 5.54 Å². The molecule has 0 unspecified atom stereocenters. The Bertz CT molecular complexity index is 991. The second-order valence-corrected chi connectivity index (χ2v) is 8.12. The molecular formula is C22H25ClN4O2. The molecule has 7 heteroatoms. The zero-order chi connectivity index (χ0) is 21.0. The fourth-order valence-electron chi connectivity index (χ4n) is 2.83. The molecule has 29 heavy (non-hydrogen) atoms. The number of carbonyl (C=O) groups excluding carboxylic acids is 1. The summed E-state index contributed by atoms with van der Waals surface area (Å²) in [6.07, 6.45) is 1.98. The topological polar surface area (TPSA) is 82.2 Å². The third-order valence-electron chi connectivity index (χ3n) is 4.24. The van der Waals surface area contributed by atoms with Crippen LogP contribution in [0.25, 0.3) is 11.3 Å². The average Bonchev–Trinajstić information content (AvgIpc) is 3.07. The van der Waals surface area contributed by atoms with Crippen molar-refractivity contribution in [2.45, 2.75) is 25.8 Å². The van der Waals surface area contributed by atoms with Gasteiger partial charge in [0.05, 0.1) is 12.1 Å². The van der Waals surface area contributed by atoms with E-state index in [9.17, 15) is 4.79 Å². The van der Waals surface area contributed by atoms with Crippen LogP contribution >= 0.6 is 11.6 Å². The summed E-state index contributed by atoms with van der Waals surface area (Å²) in [4.78, 5) is 12.5. The number of aryl methyl sites for hydroxylation is 1. The quantitative estimate of drug-likeness (QED) is 0.613. The minimum atomic E-state index is -0.463. The molecule has 0 aliphatic carbocycles. The van der Waals surface area contributed by atoms with E-state index in [1.165, 1.54) is 0 Å². The summed E-state index contributed by atoms with van der Waals surface area (Å²) < 4.78 is 7.71. The Morgan fingerprint density at radius 1 is 1.21 bits per heavy atom. The molecule has 3 aromatic rings. The first-order chi connectivity index (χ1) is 13.7. The Kier molecular flexibility index (Phi) is 6.25. The maximum absolute atomic E-state index is 12.5. The van der Waals surface area contributed by atoms with Crippen molar-refractivity contribution in [2.24, 2.45) is 12.8 Å². The van der Waals surface area contributed by atoms with E-state index in [2.05, 4.69) is 10.4 Å². The van der Waals surface area contributed by atoms with Crippen molar-refractivity contribution in [3.63, 3.8) is 0 Å². The molecular weight excluding hydrogens is 388 g/mol. The predicted molar refractivity (Wildman–Crippen MR) is 116 cm³/mol. The van der Waals surface area contributed by atoms with Crippen LogP contribution in [0.15, 0.2) is 54.7 Å². The highest BCUT2D eigenvalue weighted by Crippen LogP contribution is 2.33. The Labute approximate surface area is 175 Å². The van der Waals surface area contributed by atoms with Crippen molar-refractivity contribution in [3.8, 4) is 17.0 Å². The van der Waals surface area contributed by atoms with Gasteiger partial charge in [0.25, 0.3) is 0 Å². The summed E-state index contributed by atoms with van der Waals surface area (Å²) in [5.41, 5.74) is 8.87. The molecule has 2 aromatic carbocycles. The van der Waals surface area contributed by atoms with Gasteiger partial charge in [-0.3, -0.25) is 9.48 Å². The van der Waals surface area contributed by atoms with E-state index in [0.717, 1.165) is 16.8 Å². The second-order valence-electron chi connectivity index (χ2n) is 7.68. The summed E-state index contributed by atoms with van der Waals surface area (Å²) in [6.45, 7) is 4.17. The van der Waals surface area contributed by atoms with Gasteiger partial charge in [0.1, 0.15) is 12.4 Å². The summed E-state index contributed by atoms with van der Waals surface area (Å²) in [7, 11) is 1.86. The van der Waals surface area contributed by atoms with Crippen LogP contribution in [0.5, 0.6) is 5.75 Å². The molecule has 0 bridgehead atoms. The standard InChI is InChI=1S/C22H25ClN4O2/c1-22(2,24)14-29-20-9-8-17(13-18(20)19-10-11-25-27(19)3)26-21(28)12-15-4-6-16(23)7-5-15/h4-11,13H,12,14,24H2,1-3H3,(H,26,28). The summed E-state index contributed by atoms with van der Waals surface area (Å²) >= 11 is 5.90. The number of nitrogens with one attached hydrogen (secondary N) is 1. The van der Waals surface area contributed by atoms with Gasteiger partial charge in [-0.25, -0.2) is 0 Å². The molecule has 0 saturated carbocycles. The van der Waals surface area contributed by atoms with Crippen molar-refractivity contribution >= 4 is 23.2 Å². The van der Waals surface area contributed by atoms with Crippen LogP contribution in [0.1, 0.15) is 19.4 Å². The maximum Gasteiger partial charge on any atom is 0.228 e. The van der Waals surface area contributed by atoms with Crippen LogP contribution in [0, 0.1) is 0 Å². The van der Waals surface area contributed by atoms with E-state index in [-0.39, 0.29) is 12.3 Å². The Balaban J connectivity index is 1.81. The van der Waals surface area contributed by atoms with Gasteiger partial charge < -0.3 is 15.8 Å². The lowest BCUT2D eigenvalue weighted by atomic mass is 10.1. The van der Waals surface area contributed by atoms with Crippen molar-refractivity contribution < 1.29 is 9.53 Å². The lowest BCUT2D eigenvalue weighted by molar-refractivity contribution is -0.115. The Morgan fingerprint density at radius 2 is 1.93 bits per heavy atom. The fourth-order valence-corrected chi connectivity index (χ4v) is 2.95. The van der Waals surface area contributed by atoms with E-state index in [1.807, 2.05) is 57.3 Å². The summed E-state index contributed by atoms with van der Waals surface area (Å²) in [5, 5.41) is 7.82. The Morgan fingerprint density at radius 3 is 2.55 bits per heavy atom. The van der Waals surface area contributed by atoms with Crippen LogP contribution in [0.4, 0.5) is 5.69 Å². The summed E-state index contributed by atoms with van der Waals surface area (Å²) in [6, 6.07) is 14.7. The number of rotatable bonds is 7. The number of hydrogen-bond donors (Lipinski definition) is 2. The molecule has 0 spiro atoms. The molecule has 0 saturated heterocycles. The molecule has 0 fully saturated rings. The molecule has 0 aliphatic heterocycles. The molecule has 0 radical (unpaired) electrons. The highest BCUT2D eigenvalue weighted by atomic mass is 35.5. The molecule has 1 heterocycles. The molecule has 1 amide bonds. The minimum absolute atomic E-state index is 0.111. The van der Waals surface area contributed by atoms with Crippen LogP contribution in [0.2, 0.25) is 5.02 Å². The lowest BCUT2D eigenvalue weighted by Gasteiger charge is -2.21. The zero-order valence-corrected chi connectivity index (χ0v) is 17.5. The first kappa shape index (κ1) is 20.9. The first-order valence-corrected chi connectivity index (χ1v) is 9.67. The van der Waals surface area contributed by atoms with E-state index >= 15 is 0 Å². The third-order valence-corrected chi connectivity index (χ3v) is 4.49. The highest BCUT2D eigenvalue weighted by molar-refractivity contribution is 6.30. The average molecular weight is 413 g/mol. The van der Waals surface area contributed by atoms with Crippen LogP contribution in [0.3, 0.4) is 0 Å². The zero-order valence-electron chi connectivity index (χ0n) is 16.8. The van der Waals surface area contributed by atoms with Crippen molar-refractivity contribution in [2.75, 3.05) is 11.9 Å². The Hall–Kier alpha value is -2.83. The van der Waals surface area contributed by atoms with E-state index in [4.69, 9.17) is 22.1 Å². The largest absolute Gasteiger partial charge is 0.491 e. The number of carbonyl (C=O) groups is 1. The number of benzene rings is 2. The molecule has 3 rings (SSSR count). The predicted octanol–water partition coefficient (Wildman–Crippen LogP) is 4.04. The normalized spacial score (nSPS) is 11.3. The number of anilines is 1. The van der Waals surface area contributed by atoms with Crippen molar-refractivity contribution in [3.05, 3.63) is 65.3 Å². The van der Waals surface area contributed by atoms with Gasteiger partial charge in [-0.15, -0.1) is 0 Å². The van der Waals surface area contributed by atoms with Gasteiger partial charge in [0.15, 0.2) is 0 Å². The molecule has 152 valence electrons. The van der Waals surface area contributed by atoms with Gasteiger partial charge in [-0.2, -0.15) is 5.10 Å². The number of hydrogen-bond acceptors (Lipinski definition) is 4. The molecule has 3 N–H and O–H groups in total. The molecule has 0 aliphatic rings. The fraction of sp³-hybridized carbons (Fsp3) is 0.273. The van der Waals surface area contributed by atoms with E-state index in [0.29, 0.717) is 23.1 Å². The summed E-state index contributed by atoms with van der Waals surface area (Å²) in [5.74, 6) is 0.572. The minimum Gasteiger partial charge on any atom is -0.491 e. The number of halogens is 1. The van der Waals surface area contributed by atoms with Gasteiger partial charge in [-0.05, 0) is 55.8 Å². The second kappa shape index (κ2) is 8.68. The lowest BCUT2D eigenvalue weighted by Crippen LogP contribution is -2.38. The molecule has 1 aromatic heterocycles. The SMILES string of the molecule is Cn1nccc1-c1cc(NC(=O)Cc2ccc(Cl)cc2)ccc1OCC(C)(C)N. The smallest absolute Gasteiger partial charge is 0.228 e. The molecule has 6 nitrogen and oxygen atoms in total. The number of nitrogens with zero attached hydrogens (tertiary/aromatic N) is 2. The van der Waals surface area contributed by atoms with Gasteiger partial charge in [0, 0.05) is 35.1 Å². The van der Waals surface area contributed by atoms with Crippen LogP contribution in [-0.4, -0.2) is 27.8 Å².